The number of halogens is 1. The summed E-state index contributed by atoms with van der Waals surface area (Å²) in [6, 6.07) is 0. The molecule has 5 heteroatoms. The lowest BCUT2D eigenvalue weighted by Gasteiger charge is -2.54. The van der Waals surface area contributed by atoms with Crippen LogP contribution in [0.1, 0.15) is 41.0 Å². The van der Waals surface area contributed by atoms with Gasteiger partial charge in [0, 0.05) is 18.8 Å². The molecule has 2 rings (SSSR count). The number of nitrogens with zero attached hydrogens (tertiary/aromatic N) is 2. The molecule has 2 aliphatic rings. The molecule has 1 fully saturated rings. The van der Waals surface area contributed by atoms with Gasteiger partial charge in [-0.25, -0.2) is 0 Å². The molecule has 0 bridgehead atoms. The summed E-state index contributed by atoms with van der Waals surface area (Å²) in [6.07, 6.45) is 3.37. The predicted octanol–water partition coefficient (Wildman–Crippen LogP) is 3.18. The third-order valence-corrected chi connectivity index (χ3v) is 5.82. The Morgan fingerprint density at radius 1 is 1.29 bits per heavy atom. The average Bonchev–Trinajstić information content (AvgIpc) is 2.44. The molecule has 0 amide bonds. The minimum absolute atomic E-state index is 0.110. The largest absolute Gasteiger partial charge is 0.378 e. The molecule has 1 saturated heterocycles. The van der Waals surface area contributed by atoms with Crippen molar-refractivity contribution in [1.29, 1.82) is 0 Å². The summed E-state index contributed by atoms with van der Waals surface area (Å²) in [5.41, 5.74) is 1.13. The first-order valence-electron chi connectivity index (χ1n) is 7.93. The van der Waals surface area contributed by atoms with E-state index in [4.69, 9.17) is 9.57 Å². The molecule has 2 aliphatic heterocycles. The van der Waals surface area contributed by atoms with Crippen molar-refractivity contribution in [3.05, 3.63) is 11.8 Å². The maximum atomic E-state index is 6.08. The molecule has 1 atom stereocenters. The van der Waals surface area contributed by atoms with Gasteiger partial charge in [-0.05, 0) is 40.2 Å². The van der Waals surface area contributed by atoms with E-state index in [0.29, 0.717) is 0 Å². The standard InChI is InChI=1S/C16H29BrN2O2/c1-6-9-21-19-15(2,3)12-13(14(17)16(19,4)5)18-7-10-20-11-8-18/h12,14H,6-11H2,1-5H3. The van der Waals surface area contributed by atoms with E-state index in [9.17, 15) is 0 Å². The van der Waals surface area contributed by atoms with E-state index in [-0.39, 0.29) is 15.9 Å². The first-order chi connectivity index (χ1) is 9.80. The molecule has 2 heterocycles. The molecule has 21 heavy (non-hydrogen) atoms. The summed E-state index contributed by atoms with van der Waals surface area (Å²) < 4.78 is 5.48. The number of hydroxylamine groups is 2. The van der Waals surface area contributed by atoms with Crippen molar-refractivity contribution in [3.8, 4) is 0 Å². The lowest BCUT2D eigenvalue weighted by molar-refractivity contribution is -0.257. The summed E-state index contributed by atoms with van der Waals surface area (Å²) in [7, 11) is 0. The van der Waals surface area contributed by atoms with Crippen LogP contribution >= 0.6 is 15.9 Å². The number of hydrogen-bond donors (Lipinski definition) is 0. The van der Waals surface area contributed by atoms with Crippen molar-refractivity contribution in [3.63, 3.8) is 0 Å². The Morgan fingerprint density at radius 3 is 2.48 bits per heavy atom. The average molecular weight is 361 g/mol. The van der Waals surface area contributed by atoms with Gasteiger partial charge in [0.1, 0.15) is 0 Å². The minimum atomic E-state index is -0.128. The highest BCUT2D eigenvalue weighted by Crippen LogP contribution is 2.42. The third kappa shape index (κ3) is 3.46. The molecular weight excluding hydrogens is 332 g/mol. The maximum absolute atomic E-state index is 6.08. The summed E-state index contributed by atoms with van der Waals surface area (Å²) in [6.45, 7) is 15.4. The number of hydrogen-bond acceptors (Lipinski definition) is 4. The maximum Gasteiger partial charge on any atom is 0.0743 e. The van der Waals surface area contributed by atoms with Gasteiger partial charge in [-0.1, -0.05) is 22.9 Å². The Balaban J connectivity index is 2.29. The Kier molecular flexibility index (Phi) is 5.40. The smallest absolute Gasteiger partial charge is 0.0743 e. The van der Waals surface area contributed by atoms with Crippen LogP contribution in [-0.2, 0) is 9.57 Å². The van der Waals surface area contributed by atoms with Crippen LogP contribution in [0.4, 0.5) is 0 Å². The summed E-state index contributed by atoms with van der Waals surface area (Å²) in [5.74, 6) is 0. The molecule has 122 valence electrons. The van der Waals surface area contributed by atoms with Crippen LogP contribution in [-0.4, -0.2) is 58.8 Å². The second-order valence-corrected chi connectivity index (χ2v) is 7.88. The van der Waals surface area contributed by atoms with Gasteiger partial charge in [-0.15, -0.1) is 0 Å². The topological polar surface area (TPSA) is 24.9 Å². The molecule has 0 spiro atoms. The highest BCUT2D eigenvalue weighted by atomic mass is 79.9. The molecule has 0 radical (unpaired) electrons. The lowest BCUT2D eigenvalue weighted by Crippen LogP contribution is -2.63. The van der Waals surface area contributed by atoms with Crippen LogP contribution in [0.25, 0.3) is 0 Å². The highest BCUT2D eigenvalue weighted by molar-refractivity contribution is 9.09. The van der Waals surface area contributed by atoms with Crippen molar-refractivity contribution >= 4 is 15.9 Å². The lowest BCUT2D eigenvalue weighted by atomic mass is 9.85. The molecular formula is C16H29BrN2O2. The zero-order valence-electron chi connectivity index (χ0n) is 14.0. The van der Waals surface area contributed by atoms with Crippen molar-refractivity contribution in [1.82, 2.24) is 9.96 Å². The van der Waals surface area contributed by atoms with Gasteiger partial charge in [0.25, 0.3) is 0 Å². The van der Waals surface area contributed by atoms with Gasteiger partial charge in [0.05, 0.1) is 35.7 Å². The molecule has 0 aromatic carbocycles. The molecule has 0 aromatic rings. The zero-order valence-corrected chi connectivity index (χ0v) is 15.6. The normalized spacial score (nSPS) is 29.3. The summed E-state index contributed by atoms with van der Waals surface area (Å²) in [5, 5.41) is 2.16. The van der Waals surface area contributed by atoms with E-state index in [2.05, 4.69) is 66.6 Å². The number of morpholine rings is 1. The van der Waals surface area contributed by atoms with Crippen LogP contribution in [0.3, 0.4) is 0 Å². The zero-order chi connectivity index (χ0) is 15.7. The first kappa shape index (κ1) is 17.3. The van der Waals surface area contributed by atoms with Gasteiger partial charge in [-0.3, -0.25) is 4.84 Å². The Labute approximate surface area is 137 Å². The minimum Gasteiger partial charge on any atom is -0.378 e. The summed E-state index contributed by atoms with van der Waals surface area (Å²) in [4.78, 5) is 8.78. The van der Waals surface area contributed by atoms with E-state index in [1.807, 2.05) is 0 Å². The van der Waals surface area contributed by atoms with Gasteiger partial charge in [0.2, 0.25) is 0 Å². The van der Waals surface area contributed by atoms with E-state index < -0.39 is 0 Å². The monoisotopic (exact) mass is 360 g/mol. The van der Waals surface area contributed by atoms with Crippen LogP contribution in [0.15, 0.2) is 11.8 Å². The third-order valence-electron chi connectivity index (χ3n) is 4.23. The second kappa shape index (κ2) is 6.57. The van der Waals surface area contributed by atoms with Gasteiger partial charge >= 0.3 is 0 Å². The van der Waals surface area contributed by atoms with E-state index in [1.165, 1.54) is 5.70 Å². The van der Waals surface area contributed by atoms with Crippen LogP contribution < -0.4 is 0 Å². The van der Waals surface area contributed by atoms with Crippen molar-refractivity contribution in [2.75, 3.05) is 32.9 Å². The van der Waals surface area contributed by atoms with E-state index >= 15 is 0 Å². The Hall–Kier alpha value is -0.100. The predicted molar refractivity (Wildman–Crippen MR) is 89.4 cm³/mol. The number of ether oxygens (including phenoxy) is 1. The summed E-state index contributed by atoms with van der Waals surface area (Å²) >= 11 is 3.92. The van der Waals surface area contributed by atoms with Crippen LogP contribution in [0, 0.1) is 0 Å². The SMILES string of the molecule is CCCON1C(C)(C)C=C(N2CCOCC2)C(Br)C1(C)C. The van der Waals surface area contributed by atoms with Crippen molar-refractivity contribution < 1.29 is 9.57 Å². The Morgan fingerprint density at radius 2 is 1.90 bits per heavy atom. The second-order valence-electron chi connectivity index (χ2n) is 6.97. The molecule has 0 saturated carbocycles. The fourth-order valence-corrected chi connectivity index (χ4v) is 3.90. The van der Waals surface area contributed by atoms with Crippen LogP contribution in [0.2, 0.25) is 0 Å². The molecule has 0 aromatic heterocycles. The van der Waals surface area contributed by atoms with Crippen molar-refractivity contribution in [2.24, 2.45) is 0 Å². The number of alkyl halides is 1. The van der Waals surface area contributed by atoms with Crippen LogP contribution in [0.5, 0.6) is 0 Å². The number of rotatable bonds is 4. The van der Waals surface area contributed by atoms with Crippen molar-refractivity contribution in [2.45, 2.75) is 56.9 Å². The fourth-order valence-electron chi connectivity index (χ4n) is 3.29. The molecule has 0 aliphatic carbocycles. The van der Waals surface area contributed by atoms with Gasteiger partial charge in [0.15, 0.2) is 0 Å². The quantitative estimate of drug-likeness (QED) is 0.718. The van der Waals surface area contributed by atoms with Gasteiger partial charge < -0.3 is 9.64 Å². The fraction of sp³-hybridized carbons (Fsp3) is 0.875. The van der Waals surface area contributed by atoms with Gasteiger partial charge in [-0.2, -0.15) is 5.06 Å². The van der Waals surface area contributed by atoms with E-state index in [1.54, 1.807) is 0 Å². The highest BCUT2D eigenvalue weighted by Gasteiger charge is 2.49. The molecule has 4 nitrogen and oxygen atoms in total. The van der Waals surface area contributed by atoms with E-state index in [0.717, 1.165) is 39.3 Å². The molecule has 0 N–H and O–H groups in total. The molecule has 1 unspecified atom stereocenters. The Bertz CT molecular complexity index is 390. The first-order valence-corrected chi connectivity index (χ1v) is 8.85.